The van der Waals surface area contributed by atoms with Crippen molar-refractivity contribution in [3.8, 4) is 6.07 Å². The largest absolute Gasteiger partial charge is 0.369 e. The molecule has 0 aliphatic heterocycles. The van der Waals surface area contributed by atoms with E-state index in [1.54, 1.807) is 18.5 Å². The lowest BCUT2D eigenvalue weighted by molar-refractivity contribution is -0.116. The van der Waals surface area contributed by atoms with E-state index >= 15 is 0 Å². The van der Waals surface area contributed by atoms with E-state index in [9.17, 15) is 9.59 Å². The lowest BCUT2D eigenvalue weighted by Gasteiger charge is -2.26. The van der Waals surface area contributed by atoms with Crippen LogP contribution in [-0.4, -0.2) is 33.5 Å². The molecule has 8 heteroatoms. The van der Waals surface area contributed by atoms with E-state index in [0.717, 1.165) is 18.5 Å². The molecule has 0 unspecified atom stereocenters. The van der Waals surface area contributed by atoms with E-state index in [4.69, 9.17) is 5.26 Å². The first kappa shape index (κ1) is 17.6. The Morgan fingerprint density at radius 3 is 2.77 bits per heavy atom. The Labute approximate surface area is 151 Å². The number of nitrogens with zero attached hydrogens (tertiary/aromatic N) is 5. The second-order valence-electron chi connectivity index (χ2n) is 6.36. The lowest BCUT2D eigenvalue weighted by Crippen LogP contribution is -2.33. The van der Waals surface area contributed by atoms with E-state index in [2.05, 4.69) is 20.2 Å². The van der Waals surface area contributed by atoms with Crippen molar-refractivity contribution in [3.63, 3.8) is 0 Å². The number of nitrogens with one attached hydrogen (secondary N) is 1. The number of rotatable bonds is 5. The molecule has 0 saturated heterocycles. The number of hydrogen-bond donors (Lipinski definition) is 1. The molecule has 0 atom stereocenters. The third-order valence-corrected chi connectivity index (χ3v) is 4.60. The number of pyridine rings is 1. The Morgan fingerprint density at radius 1 is 1.35 bits per heavy atom. The molecule has 1 N–H and O–H groups in total. The van der Waals surface area contributed by atoms with Gasteiger partial charge in [-0.2, -0.15) is 10.2 Å². The lowest BCUT2D eigenvalue weighted by atomic mass is 10.2. The van der Waals surface area contributed by atoms with Crippen LogP contribution in [0.15, 0.2) is 35.5 Å². The number of nitriles is 1. The molecule has 0 bridgehead atoms. The van der Waals surface area contributed by atoms with Gasteiger partial charge in [-0.15, -0.1) is 0 Å². The van der Waals surface area contributed by atoms with Gasteiger partial charge in [-0.25, -0.2) is 9.78 Å². The van der Waals surface area contributed by atoms with Crippen molar-refractivity contribution in [2.24, 2.45) is 0 Å². The molecule has 8 nitrogen and oxygen atoms in total. The number of amides is 1. The molecule has 1 fully saturated rings. The number of carbonyl (C=O) groups is 1. The first-order chi connectivity index (χ1) is 12.6. The van der Waals surface area contributed by atoms with E-state index in [1.807, 2.05) is 13.1 Å². The predicted octanol–water partition coefficient (Wildman–Crippen LogP) is 1.53. The van der Waals surface area contributed by atoms with Gasteiger partial charge in [0.15, 0.2) is 0 Å². The van der Waals surface area contributed by atoms with E-state index in [0.29, 0.717) is 11.7 Å². The summed E-state index contributed by atoms with van der Waals surface area (Å²) in [6.45, 7) is -0.141. The maximum atomic E-state index is 12.2. The Morgan fingerprint density at radius 2 is 2.12 bits per heavy atom. The average molecular weight is 352 g/mol. The summed E-state index contributed by atoms with van der Waals surface area (Å²) >= 11 is 0. The summed E-state index contributed by atoms with van der Waals surface area (Å²) < 4.78 is 1.30. The molecule has 0 spiro atoms. The Bertz CT molecular complexity index is 878. The number of anilines is 2. The van der Waals surface area contributed by atoms with E-state index in [1.165, 1.54) is 29.7 Å². The van der Waals surface area contributed by atoms with Gasteiger partial charge in [0.25, 0.3) is 0 Å². The number of hydrogen-bond acceptors (Lipinski definition) is 6. The van der Waals surface area contributed by atoms with Crippen LogP contribution in [0, 0.1) is 11.3 Å². The van der Waals surface area contributed by atoms with Crippen LogP contribution < -0.4 is 15.9 Å². The molecule has 0 radical (unpaired) electrons. The normalized spacial score (nSPS) is 14.0. The van der Waals surface area contributed by atoms with Gasteiger partial charge in [0.2, 0.25) is 5.91 Å². The Balaban J connectivity index is 1.69. The highest BCUT2D eigenvalue weighted by atomic mass is 16.2. The van der Waals surface area contributed by atoms with Crippen molar-refractivity contribution in [1.29, 1.82) is 5.26 Å². The predicted molar refractivity (Wildman–Crippen MR) is 96.7 cm³/mol. The van der Waals surface area contributed by atoms with Crippen molar-refractivity contribution >= 4 is 17.3 Å². The molecule has 1 aliphatic carbocycles. The second kappa shape index (κ2) is 7.78. The fourth-order valence-electron chi connectivity index (χ4n) is 3.13. The number of carbonyl (C=O) groups excluding carboxylic acids is 1. The minimum atomic E-state index is -0.471. The zero-order chi connectivity index (χ0) is 18.5. The third-order valence-electron chi connectivity index (χ3n) is 4.60. The van der Waals surface area contributed by atoms with Crippen molar-refractivity contribution in [1.82, 2.24) is 14.5 Å². The van der Waals surface area contributed by atoms with Crippen molar-refractivity contribution in [2.75, 3.05) is 17.3 Å². The third kappa shape index (κ3) is 4.06. The molecule has 2 aromatic heterocycles. The van der Waals surface area contributed by atoms with Gasteiger partial charge in [-0.1, -0.05) is 12.8 Å². The van der Waals surface area contributed by atoms with Gasteiger partial charge in [-0.3, -0.25) is 9.36 Å². The van der Waals surface area contributed by atoms with Gasteiger partial charge in [-0.05, 0) is 25.0 Å². The molecule has 3 rings (SSSR count). The van der Waals surface area contributed by atoms with Crippen LogP contribution in [0.2, 0.25) is 0 Å². The van der Waals surface area contributed by atoms with E-state index in [-0.39, 0.29) is 18.1 Å². The molecule has 1 aliphatic rings. The van der Waals surface area contributed by atoms with Crippen LogP contribution in [0.3, 0.4) is 0 Å². The van der Waals surface area contributed by atoms with Gasteiger partial charge < -0.3 is 10.2 Å². The summed E-state index contributed by atoms with van der Waals surface area (Å²) in [6.07, 6.45) is 9.31. The Hall–Kier alpha value is -3.21. The second-order valence-corrected chi connectivity index (χ2v) is 6.36. The average Bonchev–Trinajstić information content (AvgIpc) is 3.18. The van der Waals surface area contributed by atoms with E-state index < -0.39 is 5.69 Å². The molecule has 26 heavy (non-hydrogen) atoms. The quantitative estimate of drug-likeness (QED) is 0.875. The minimum Gasteiger partial charge on any atom is -0.369 e. The standard InChI is InChI=1S/C18H20N6O2/c1-23(15-4-2-3-5-15)16-10-21-18(26)24(11-16)12-17(25)22-14-7-6-13(8-19)20-9-14/h6-7,9-11,15H,2-5,12H2,1H3,(H,22,25). The number of aromatic nitrogens is 3. The zero-order valence-corrected chi connectivity index (χ0v) is 14.6. The summed E-state index contributed by atoms with van der Waals surface area (Å²) in [4.78, 5) is 34.1. The summed E-state index contributed by atoms with van der Waals surface area (Å²) in [6, 6.07) is 5.46. The first-order valence-electron chi connectivity index (χ1n) is 8.52. The van der Waals surface area contributed by atoms with Crippen LogP contribution >= 0.6 is 0 Å². The smallest absolute Gasteiger partial charge is 0.348 e. The molecular weight excluding hydrogens is 332 g/mol. The minimum absolute atomic E-state index is 0.141. The van der Waals surface area contributed by atoms with Gasteiger partial charge in [0.1, 0.15) is 18.3 Å². The van der Waals surface area contributed by atoms with Crippen LogP contribution in [0.5, 0.6) is 0 Å². The van der Waals surface area contributed by atoms with Crippen molar-refractivity contribution < 1.29 is 4.79 Å². The summed E-state index contributed by atoms with van der Waals surface area (Å²) in [5, 5.41) is 11.4. The molecular formula is C18H20N6O2. The highest BCUT2D eigenvalue weighted by Gasteiger charge is 2.20. The zero-order valence-electron chi connectivity index (χ0n) is 14.6. The van der Waals surface area contributed by atoms with Crippen molar-refractivity contribution in [2.45, 2.75) is 38.3 Å². The van der Waals surface area contributed by atoms with Crippen LogP contribution in [0.4, 0.5) is 11.4 Å². The van der Waals surface area contributed by atoms with Crippen molar-refractivity contribution in [3.05, 3.63) is 46.9 Å². The summed E-state index contributed by atoms with van der Waals surface area (Å²) in [5.41, 5.74) is 1.09. The van der Waals surface area contributed by atoms with Crippen LogP contribution in [-0.2, 0) is 11.3 Å². The van der Waals surface area contributed by atoms with Gasteiger partial charge in [0, 0.05) is 19.3 Å². The van der Waals surface area contributed by atoms with Gasteiger partial charge in [0.05, 0.1) is 23.8 Å². The van der Waals surface area contributed by atoms with Gasteiger partial charge >= 0.3 is 5.69 Å². The summed E-state index contributed by atoms with van der Waals surface area (Å²) in [7, 11) is 1.99. The molecule has 2 aromatic rings. The molecule has 1 saturated carbocycles. The highest BCUT2D eigenvalue weighted by Crippen LogP contribution is 2.25. The maximum Gasteiger partial charge on any atom is 0.348 e. The summed E-state index contributed by atoms with van der Waals surface area (Å²) in [5.74, 6) is -0.360. The Kier molecular flexibility index (Phi) is 5.27. The molecule has 0 aromatic carbocycles. The molecule has 1 amide bonds. The highest BCUT2D eigenvalue weighted by molar-refractivity contribution is 5.90. The van der Waals surface area contributed by atoms with Crippen LogP contribution in [0.1, 0.15) is 31.4 Å². The van der Waals surface area contributed by atoms with Crippen LogP contribution in [0.25, 0.3) is 0 Å². The monoisotopic (exact) mass is 352 g/mol. The fraction of sp³-hybridized carbons (Fsp3) is 0.389. The topological polar surface area (TPSA) is 104 Å². The molecule has 2 heterocycles. The maximum absolute atomic E-state index is 12.2. The SMILES string of the molecule is CN(c1cnc(=O)n(CC(=O)Nc2ccc(C#N)nc2)c1)C1CCCC1. The molecule has 134 valence electrons. The fourth-order valence-corrected chi connectivity index (χ4v) is 3.13. The first-order valence-corrected chi connectivity index (χ1v) is 8.52.